The first kappa shape index (κ1) is 11.4. The summed E-state index contributed by atoms with van der Waals surface area (Å²) in [5, 5.41) is 0. The SMILES string of the molecule is CCCc1cccc(Br)c1-c1ccccc1. The van der Waals surface area contributed by atoms with E-state index in [1.807, 2.05) is 0 Å². The molecule has 82 valence electrons. The fourth-order valence-corrected chi connectivity index (χ4v) is 2.61. The Morgan fingerprint density at radius 2 is 1.69 bits per heavy atom. The number of hydrogen-bond acceptors (Lipinski definition) is 0. The Kier molecular flexibility index (Phi) is 3.79. The van der Waals surface area contributed by atoms with E-state index < -0.39 is 0 Å². The molecule has 1 heteroatoms. The van der Waals surface area contributed by atoms with Crippen LogP contribution in [-0.4, -0.2) is 0 Å². The Morgan fingerprint density at radius 1 is 0.938 bits per heavy atom. The topological polar surface area (TPSA) is 0 Å². The van der Waals surface area contributed by atoms with Gasteiger partial charge in [-0.2, -0.15) is 0 Å². The summed E-state index contributed by atoms with van der Waals surface area (Å²) in [5.41, 5.74) is 4.05. The first-order valence-electron chi connectivity index (χ1n) is 5.65. The van der Waals surface area contributed by atoms with Crippen molar-refractivity contribution in [3.63, 3.8) is 0 Å². The average molecular weight is 275 g/mol. The van der Waals surface area contributed by atoms with E-state index in [0.29, 0.717) is 0 Å². The molecule has 0 nitrogen and oxygen atoms in total. The molecule has 0 bridgehead atoms. The summed E-state index contributed by atoms with van der Waals surface area (Å²) in [5.74, 6) is 0. The molecular weight excluding hydrogens is 260 g/mol. The van der Waals surface area contributed by atoms with Gasteiger partial charge in [-0.25, -0.2) is 0 Å². The zero-order valence-corrected chi connectivity index (χ0v) is 11.0. The smallest absolute Gasteiger partial charge is 0.0256 e. The van der Waals surface area contributed by atoms with Gasteiger partial charge in [0.2, 0.25) is 0 Å². The van der Waals surface area contributed by atoms with Crippen molar-refractivity contribution in [1.29, 1.82) is 0 Å². The molecule has 2 aromatic rings. The van der Waals surface area contributed by atoms with Gasteiger partial charge in [-0.3, -0.25) is 0 Å². The zero-order valence-electron chi connectivity index (χ0n) is 9.41. The van der Waals surface area contributed by atoms with Crippen molar-refractivity contribution in [1.82, 2.24) is 0 Å². The molecule has 0 aliphatic heterocycles. The van der Waals surface area contributed by atoms with E-state index in [1.54, 1.807) is 0 Å². The van der Waals surface area contributed by atoms with Gasteiger partial charge < -0.3 is 0 Å². The highest BCUT2D eigenvalue weighted by Crippen LogP contribution is 2.32. The second kappa shape index (κ2) is 5.31. The lowest BCUT2D eigenvalue weighted by Crippen LogP contribution is -1.90. The summed E-state index contributed by atoms with van der Waals surface area (Å²) >= 11 is 3.65. The van der Waals surface area contributed by atoms with Crippen molar-refractivity contribution in [2.24, 2.45) is 0 Å². The summed E-state index contributed by atoms with van der Waals surface area (Å²) in [4.78, 5) is 0. The van der Waals surface area contributed by atoms with Crippen LogP contribution in [0.15, 0.2) is 53.0 Å². The highest BCUT2D eigenvalue weighted by molar-refractivity contribution is 9.10. The lowest BCUT2D eigenvalue weighted by atomic mass is 9.97. The van der Waals surface area contributed by atoms with Gasteiger partial charge in [-0.15, -0.1) is 0 Å². The quantitative estimate of drug-likeness (QED) is 0.733. The van der Waals surface area contributed by atoms with E-state index >= 15 is 0 Å². The van der Waals surface area contributed by atoms with E-state index in [1.165, 1.54) is 27.6 Å². The lowest BCUT2D eigenvalue weighted by molar-refractivity contribution is 0.923. The number of halogens is 1. The summed E-state index contributed by atoms with van der Waals surface area (Å²) < 4.78 is 1.18. The van der Waals surface area contributed by atoms with E-state index in [2.05, 4.69) is 71.4 Å². The maximum atomic E-state index is 3.65. The molecule has 0 heterocycles. The number of benzene rings is 2. The number of rotatable bonds is 3. The molecule has 0 fully saturated rings. The van der Waals surface area contributed by atoms with Gasteiger partial charge in [0.05, 0.1) is 0 Å². The molecule has 0 amide bonds. The second-order valence-electron chi connectivity index (χ2n) is 3.89. The van der Waals surface area contributed by atoms with Crippen molar-refractivity contribution >= 4 is 15.9 Å². The first-order chi connectivity index (χ1) is 7.83. The van der Waals surface area contributed by atoms with Crippen LogP contribution in [0.5, 0.6) is 0 Å². The van der Waals surface area contributed by atoms with Crippen LogP contribution in [0.1, 0.15) is 18.9 Å². The summed E-state index contributed by atoms with van der Waals surface area (Å²) in [6.45, 7) is 2.22. The minimum atomic E-state index is 1.13. The van der Waals surface area contributed by atoms with Crippen molar-refractivity contribution < 1.29 is 0 Å². The molecule has 0 N–H and O–H groups in total. The van der Waals surface area contributed by atoms with Gasteiger partial charge in [0.25, 0.3) is 0 Å². The van der Waals surface area contributed by atoms with Crippen LogP contribution in [0.2, 0.25) is 0 Å². The third-order valence-corrected chi connectivity index (χ3v) is 3.34. The van der Waals surface area contributed by atoms with Crippen LogP contribution in [0.4, 0.5) is 0 Å². The summed E-state index contributed by atoms with van der Waals surface area (Å²) in [7, 11) is 0. The third kappa shape index (κ3) is 2.35. The van der Waals surface area contributed by atoms with E-state index in [0.717, 1.165) is 6.42 Å². The van der Waals surface area contributed by atoms with E-state index in [-0.39, 0.29) is 0 Å². The predicted octanol–water partition coefficient (Wildman–Crippen LogP) is 5.07. The molecule has 0 aliphatic rings. The van der Waals surface area contributed by atoms with Gasteiger partial charge in [0.15, 0.2) is 0 Å². The first-order valence-corrected chi connectivity index (χ1v) is 6.45. The Hall–Kier alpha value is -1.08. The van der Waals surface area contributed by atoms with Crippen LogP contribution in [0, 0.1) is 0 Å². The van der Waals surface area contributed by atoms with Crippen LogP contribution >= 0.6 is 15.9 Å². The monoisotopic (exact) mass is 274 g/mol. The molecule has 0 atom stereocenters. The molecule has 0 aliphatic carbocycles. The predicted molar refractivity (Wildman–Crippen MR) is 73.6 cm³/mol. The molecule has 0 radical (unpaired) electrons. The highest BCUT2D eigenvalue weighted by Gasteiger charge is 2.07. The van der Waals surface area contributed by atoms with Crippen molar-refractivity contribution in [2.45, 2.75) is 19.8 Å². The molecule has 0 aromatic heterocycles. The minimum absolute atomic E-state index is 1.13. The van der Waals surface area contributed by atoms with Crippen molar-refractivity contribution in [3.8, 4) is 11.1 Å². The lowest BCUT2D eigenvalue weighted by Gasteiger charge is -2.11. The normalized spacial score (nSPS) is 10.4. The Morgan fingerprint density at radius 3 is 2.38 bits per heavy atom. The number of hydrogen-bond donors (Lipinski definition) is 0. The average Bonchev–Trinajstić information content (AvgIpc) is 2.31. The molecule has 0 unspecified atom stereocenters. The highest BCUT2D eigenvalue weighted by atomic mass is 79.9. The molecule has 2 aromatic carbocycles. The Labute approximate surface area is 105 Å². The Balaban J connectivity index is 2.54. The van der Waals surface area contributed by atoms with Gasteiger partial charge in [-0.1, -0.05) is 71.7 Å². The van der Waals surface area contributed by atoms with Gasteiger partial charge in [0.1, 0.15) is 0 Å². The fourth-order valence-electron chi connectivity index (χ4n) is 1.97. The van der Waals surface area contributed by atoms with Crippen molar-refractivity contribution in [2.75, 3.05) is 0 Å². The standard InChI is InChI=1S/C15H15Br/c1-2-7-12-10-6-11-14(16)15(12)13-8-4-3-5-9-13/h3-6,8-11H,2,7H2,1H3. The molecular formula is C15H15Br. The van der Waals surface area contributed by atoms with Gasteiger partial charge in [0, 0.05) is 4.47 Å². The molecule has 2 rings (SSSR count). The summed E-state index contributed by atoms with van der Waals surface area (Å²) in [6.07, 6.45) is 2.31. The largest absolute Gasteiger partial charge is 0.0651 e. The van der Waals surface area contributed by atoms with Gasteiger partial charge >= 0.3 is 0 Å². The van der Waals surface area contributed by atoms with Crippen LogP contribution < -0.4 is 0 Å². The van der Waals surface area contributed by atoms with E-state index in [9.17, 15) is 0 Å². The molecule has 0 saturated carbocycles. The third-order valence-electron chi connectivity index (χ3n) is 2.68. The number of aryl methyl sites for hydroxylation is 1. The molecule has 0 saturated heterocycles. The minimum Gasteiger partial charge on any atom is -0.0651 e. The maximum Gasteiger partial charge on any atom is 0.0256 e. The summed E-state index contributed by atoms with van der Waals surface area (Å²) in [6, 6.07) is 17.0. The van der Waals surface area contributed by atoms with Gasteiger partial charge in [-0.05, 0) is 29.2 Å². The molecule has 0 spiro atoms. The van der Waals surface area contributed by atoms with E-state index in [4.69, 9.17) is 0 Å². The Bertz CT molecular complexity index is 460. The van der Waals surface area contributed by atoms with Crippen LogP contribution in [-0.2, 0) is 6.42 Å². The van der Waals surface area contributed by atoms with Crippen LogP contribution in [0.25, 0.3) is 11.1 Å². The maximum absolute atomic E-state index is 3.65. The second-order valence-corrected chi connectivity index (χ2v) is 4.74. The zero-order chi connectivity index (χ0) is 11.4. The fraction of sp³-hybridized carbons (Fsp3) is 0.200. The van der Waals surface area contributed by atoms with Crippen LogP contribution in [0.3, 0.4) is 0 Å². The molecule has 16 heavy (non-hydrogen) atoms. The van der Waals surface area contributed by atoms with Crippen molar-refractivity contribution in [3.05, 3.63) is 58.6 Å².